The van der Waals surface area contributed by atoms with Gasteiger partial charge in [-0.25, -0.2) is 4.98 Å². The maximum Gasteiger partial charge on any atom is 0.270 e. The fourth-order valence-electron chi connectivity index (χ4n) is 1.54. The van der Waals surface area contributed by atoms with Gasteiger partial charge >= 0.3 is 0 Å². The highest BCUT2D eigenvalue weighted by Crippen LogP contribution is 1.97. The number of carbonyl (C=O) groups is 1. The molecule has 0 aliphatic heterocycles. The fraction of sp³-hybridized carbons (Fsp3) is 0.250. The predicted molar refractivity (Wildman–Crippen MR) is 67.4 cm³/mol. The third-order valence-electron chi connectivity index (χ3n) is 2.59. The van der Waals surface area contributed by atoms with Gasteiger partial charge in [-0.05, 0) is 19.1 Å². The predicted octanol–water partition coefficient (Wildman–Crippen LogP) is -0.229. The molecule has 0 unspecified atom stereocenters. The largest absolute Gasteiger partial charge is 0.348 e. The smallest absolute Gasteiger partial charge is 0.270 e. The van der Waals surface area contributed by atoms with Gasteiger partial charge in [-0.1, -0.05) is 6.07 Å². The van der Waals surface area contributed by atoms with Crippen molar-refractivity contribution in [3.63, 3.8) is 0 Å². The van der Waals surface area contributed by atoms with E-state index >= 15 is 0 Å². The average molecular weight is 246 g/mol. The van der Waals surface area contributed by atoms with Crippen molar-refractivity contribution >= 4 is 11.6 Å². The number of pyridine rings is 1. The monoisotopic (exact) mass is 246 g/mol. The molecule has 3 N–H and O–H groups in total. The van der Waals surface area contributed by atoms with Gasteiger partial charge < -0.3 is 11.1 Å². The molecule has 2 heterocycles. The van der Waals surface area contributed by atoms with Crippen LogP contribution in [0.25, 0.3) is 5.65 Å². The molecule has 0 aliphatic rings. The minimum absolute atomic E-state index is 0.0130. The topological polar surface area (TPSA) is 89.5 Å². The number of carbonyl (C=O) groups excluding carboxylic acids is 1. The third kappa shape index (κ3) is 2.23. The molecule has 6 heteroatoms. The number of aromatic nitrogens is 2. The van der Waals surface area contributed by atoms with Crippen molar-refractivity contribution in [2.75, 3.05) is 6.54 Å². The van der Waals surface area contributed by atoms with Crippen LogP contribution in [0.5, 0.6) is 0 Å². The Hall–Kier alpha value is -2.21. The van der Waals surface area contributed by atoms with Gasteiger partial charge in [0.1, 0.15) is 11.2 Å². The van der Waals surface area contributed by atoms with Crippen molar-refractivity contribution in [3.8, 4) is 0 Å². The molecule has 0 fully saturated rings. The van der Waals surface area contributed by atoms with Crippen LogP contribution in [0.4, 0.5) is 0 Å². The standard InChI is InChI=1S/C12H14N4O2/c1-8(6-13)15-11(17)9-7-14-10-4-2-3-5-16(10)12(9)18/h2-5,7-8H,6,13H2,1H3,(H,15,17)/t8-/m0/s1. The maximum absolute atomic E-state index is 12.1. The number of nitrogens with two attached hydrogens (primary N) is 1. The molecule has 0 saturated carbocycles. The van der Waals surface area contributed by atoms with Gasteiger partial charge in [0.15, 0.2) is 0 Å². The first-order chi connectivity index (χ1) is 8.63. The Morgan fingerprint density at radius 2 is 2.33 bits per heavy atom. The van der Waals surface area contributed by atoms with Gasteiger partial charge in [-0.3, -0.25) is 14.0 Å². The Labute approximate surface area is 103 Å². The quantitative estimate of drug-likeness (QED) is 0.783. The van der Waals surface area contributed by atoms with Crippen LogP contribution in [0, 0.1) is 0 Å². The van der Waals surface area contributed by atoms with Crippen molar-refractivity contribution in [2.24, 2.45) is 5.73 Å². The van der Waals surface area contributed by atoms with Crippen LogP contribution in [0.2, 0.25) is 0 Å². The van der Waals surface area contributed by atoms with E-state index in [1.54, 1.807) is 31.3 Å². The van der Waals surface area contributed by atoms with Crippen LogP contribution in [-0.2, 0) is 0 Å². The van der Waals surface area contributed by atoms with Crippen LogP contribution in [-0.4, -0.2) is 27.9 Å². The van der Waals surface area contributed by atoms with Gasteiger partial charge in [0, 0.05) is 25.0 Å². The number of nitrogens with one attached hydrogen (secondary N) is 1. The third-order valence-corrected chi connectivity index (χ3v) is 2.59. The van der Waals surface area contributed by atoms with E-state index in [-0.39, 0.29) is 17.2 Å². The number of fused-ring (bicyclic) bond motifs is 1. The summed E-state index contributed by atoms with van der Waals surface area (Å²) >= 11 is 0. The molecule has 0 radical (unpaired) electrons. The Balaban J connectivity index is 2.43. The summed E-state index contributed by atoms with van der Waals surface area (Å²) < 4.78 is 1.34. The molecule has 2 rings (SSSR count). The molecule has 1 amide bonds. The summed E-state index contributed by atoms with van der Waals surface area (Å²) in [6.07, 6.45) is 2.87. The molecule has 0 spiro atoms. The maximum atomic E-state index is 12.1. The summed E-state index contributed by atoms with van der Waals surface area (Å²) in [6, 6.07) is 5.00. The zero-order chi connectivity index (χ0) is 13.1. The molecule has 2 aromatic rings. The van der Waals surface area contributed by atoms with Gasteiger partial charge in [0.2, 0.25) is 0 Å². The van der Waals surface area contributed by atoms with E-state index in [0.717, 1.165) is 0 Å². The van der Waals surface area contributed by atoms with Crippen molar-refractivity contribution < 1.29 is 4.79 Å². The first-order valence-electron chi connectivity index (χ1n) is 5.61. The van der Waals surface area contributed by atoms with Crippen LogP contribution < -0.4 is 16.6 Å². The summed E-state index contributed by atoms with van der Waals surface area (Å²) in [5.74, 6) is -0.455. The summed E-state index contributed by atoms with van der Waals surface area (Å²) in [7, 11) is 0. The lowest BCUT2D eigenvalue weighted by Gasteiger charge is -2.10. The first-order valence-corrected chi connectivity index (χ1v) is 5.61. The SMILES string of the molecule is C[C@@H](CN)NC(=O)c1cnc2ccccn2c1=O. The fourth-order valence-corrected chi connectivity index (χ4v) is 1.54. The zero-order valence-corrected chi connectivity index (χ0v) is 9.96. The van der Waals surface area contributed by atoms with E-state index in [1.807, 2.05) is 0 Å². The Morgan fingerprint density at radius 1 is 1.56 bits per heavy atom. The lowest BCUT2D eigenvalue weighted by atomic mass is 10.2. The lowest BCUT2D eigenvalue weighted by Crippen LogP contribution is -2.40. The van der Waals surface area contributed by atoms with E-state index in [9.17, 15) is 9.59 Å². The molecule has 2 aromatic heterocycles. The zero-order valence-electron chi connectivity index (χ0n) is 9.96. The molecule has 1 atom stereocenters. The summed E-state index contributed by atoms with van der Waals surface area (Å²) in [5, 5.41) is 2.63. The van der Waals surface area contributed by atoms with Gasteiger partial charge in [-0.2, -0.15) is 0 Å². The average Bonchev–Trinajstić information content (AvgIpc) is 2.39. The summed E-state index contributed by atoms with van der Waals surface area (Å²) in [6.45, 7) is 2.08. The van der Waals surface area contributed by atoms with Crippen molar-refractivity contribution in [3.05, 3.63) is 46.5 Å². The van der Waals surface area contributed by atoms with Crippen molar-refractivity contribution in [1.82, 2.24) is 14.7 Å². The molecule has 94 valence electrons. The van der Waals surface area contributed by atoms with E-state index in [2.05, 4.69) is 10.3 Å². The Kier molecular flexibility index (Phi) is 3.38. The highest BCUT2D eigenvalue weighted by atomic mass is 16.2. The second kappa shape index (κ2) is 4.97. The highest BCUT2D eigenvalue weighted by molar-refractivity contribution is 5.93. The van der Waals surface area contributed by atoms with Gasteiger partial charge in [0.25, 0.3) is 11.5 Å². The number of amides is 1. The highest BCUT2D eigenvalue weighted by Gasteiger charge is 2.14. The van der Waals surface area contributed by atoms with E-state index < -0.39 is 5.91 Å². The van der Waals surface area contributed by atoms with Crippen LogP contribution in [0.15, 0.2) is 35.4 Å². The van der Waals surface area contributed by atoms with Crippen LogP contribution >= 0.6 is 0 Å². The van der Waals surface area contributed by atoms with E-state index in [1.165, 1.54) is 10.6 Å². The number of hydrogen-bond donors (Lipinski definition) is 2. The van der Waals surface area contributed by atoms with Crippen molar-refractivity contribution in [1.29, 1.82) is 0 Å². The van der Waals surface area contributed by atoms with Gasteiger partial charge in [0.05, 0.1) is 0 Å². The summed E-state index contributed by atoms with van der Waals surface area (Å²) in [4.78, 5) is 28.0. The normalized spacial score (nSPS) is 12.3. The Morgan fingerprint density at radius 3 is 3.06 bits per heavy atom. The minimum atomic E-state index is -0.455. The number of hydrogen-bond acceptors (Lipinski definition) is 4. The molecule has 0 saturated heterocycles. The molecule has 6 nitrogen and oxygen atoms in total. The summed E-state index contributed by atoms with van der Waals surface area (Å²) in [5.41, 5.74) is 5.55. The minimum Gasteiger partial charge on any atom is -0.348 e. The molecular formula is C12H14N4O2. The second-order valence-corrected chi connectivity index (χ2v) is 4.02. The Bertz CT molecular complexity index is 635. The van der Waals surface area contributed by atoms with Crippen LogP contribution in [0.1, 0.15) is 17.3 Å². The van der Waals surface area contributed by atoms with Crippen LogP contribution in [0.3, 0.4) is 0 Å². The second-order valence-electron chi connectivity index (χ2n) is 4.02. The van der Waals surface area contributed by atoms with E-state index in [4.69, 9.17) is 5.73 Å². The molecule has 0 bridgehead atoms. The molecule has 0 aliphatic carbocycles. The number of nitrogens with zero attached hydrogens (tertiary/aromatic N) is 2. The molecule has 0 aromatic carbocycles. The van der Waals surface area contributed by atoms with E-state index in [0.29, 0.717) is 12.2 Å². The van der Waals surface area contributed by atoms with Gasteiger partial charge in [-0.15, -0.1) is 0 Å². The lowest BCUT2D eigenvalue weighted by molar-refractivity contribution is 0.0939. The first kappa shape index (κ1) is 12.3. The molecule has 18 heavy (non-hydrogen) atoms. The van der Waals surface area contributed by atoms with Crippen molar-refractivity contribution in [2.45, 2.75) is 13.0 Å². The molecular weight excluding hydrogens is 232 g/mol. The number of rotatable bonds is 3.